The van der Waals surface area contributed by atoms with Crippen molar-refractivity contribution >= 4 is 11.6 Å². The van der Waals surface area contributed by atoms with E-state index in [9.17, 15) is 4.79 Å². The highest BCUT2D eigenvalue weighted by molar-refractivity contribution is 5.89. The monoisotopic (exact) mass is 208 g/mol. The molecule has 0 aliphatic heterocycles. The number of carbonyl (C=O) groups is 1. The van der Waals surface area contributed by atoms with Crippen LogP contribution in [0.4, 0.5) is 5.69 Å². The molecule has 1 aromatic rings. The van der Waals surface area contributed by atoms with Gasteiger partial charge in [0.25, 0.3) is 0 Å². The highest BCUT2D eigenvalue weighted by atomic mass is 16.3. The number of carbonyl (C=O) groups excluding carboxylic acids is 1. The average molecular weight is 208 g/mol. The highest BCUT2D eigenvalue weighted by Gasteiger charge is 2.01. The van der Waals surface area contributed by atoms with E-state index in [0.29, 0.717) is 13.1 Å². The summed E-state index contributed by atoms with van der Waals surface area (Å²) in [5.41, 5.74) is 1.83. The van der Waals surface area contributed by atoms with Gasteiger partial charge in [-0.3, -0.25) is 4.79 Å². The summed E-state index contributed by atoms with van der Waals surface area (Å²) in [6.45, 7) is 2.78. The van der Waals surface area contributed by atoms with Gasteiger partial charge in [-0.2, -0.15) is 0 Å². The van der Waals surface area contributed by atoms with E-state index < -0.39 is 0 Å². The van der Waals surface area contributed by atoms with Gasteiger partial charge < -0.3 is 15.7 Å². The molecule has 0 atom stereocenters. The molecule has 1 amide bonds. The molecular weight excluding hydrogens is 192 g/mol. The SMILES string of the molecule is CC(=O)Nc1ccccc1CNCCO. The first-order valence-corrected chi connectivity index (χ1v) is 4.91. The number of rotatable bonds is 5. The van der Waals surface area contributed by atoms with Gasteiger partial charge in [0.05, 0.1) is 6.61 Å². The Bertz CT molecular complexity index is 326. The van der Waals surface area contributed by atoms with Crippen molar-refractivity contribution in [3.63, 3.8) is 0 Å². The smallest absolute Gasteiger partial charge is 0.221 e. The van der Waals surface area contributed by atoms with Crippen molar-refractivity contribution in [1.29, 1.82) is 0 Å². The third kappa shape index (κ3) is 4.10. The number of anilines is 1. The van der Waals surface area contributed by atoms with Crippen molar-refractivity contribution in [2.45, 2.75) is 13.5 Å². The van der Waals surface area contributed by atoms with E-state index >= 15 is 0 Å². The maximum atomic E-state index is 10.9. The highest BCUT2D eigenvalue weighted by Crippen LogP contribution is 2.14. The summed E-state index contributed by atoms with van der Waals surface area (Å²) in [4.78, 5) is 10.9. The molecule has 0 fully saturated rings. The van der Waals surface area contributed by atoms with Crippen LogP contribution in [-0.4, -0.2) is 24.2 Å². The number of hydrogen-bond acceptors (Lipinski definition) is 3. The zero-order valence-electron chi connectivity index (χ0n) is 8.79. The van der Waals surface area contributed by atoms with Gasteiger partial charge in [0.2, 0.25) is 5.91 Å². The molecular formula is C11H16N2O2. The van der Waals surface area contributed by atoms with Crippen LogP contribution >= 0.6 is 0 Å². The second kappa shape index (κ2) is 6.16. The molecule has 15 heavy (non-hydrogen) atoms. The van der Waals surface area contributed by atoms with Crippen molar-refractivity contribution in [2.24, 2.45) is 0 Å². The Kier molecular flexibility index (Phi) is 4.80. The largest absolute Gasteiger partial charge is 0.395 e. The van der Waals surface area contributed by atoms with Gasteiger partial charge in [-0.25, -0.2) is 0 Å². The van der Waals surface area contributed by atoms with Gasteiger partial charge in [0, 0.05) is 25.7 Å². The van der Waals surface area contributed by atoms with Gasteiger partial charge in [-0.15, -0.1) is 0 Å². The fourth-order valence-corrected chi connectivity index (χ4v) is 1.29. The van der Waals surface area contributed by atoms with Crippen molar-refractivity contribution < 1.29 is 9.90 Å². The molecule has 0 unspecified atom stereocenters. The van der Waals surface area contributed by atoms with Crippen LogP contribution in [-0.2, 0) is 11.3 Å². The van der Waals surface area contributed by atoms with Crippen molar-refractivity contribution in [3.8, 4) is 0 Å². The summed E-state index contributed by atoms with van der Waals surface area (Å²) in [5, 5.41) is 14.4. The summed E-state index contributed by atoms with van der Waals surface area (Å²) < 4.78 is 0. The minimum Gasteiger partial charge on any atom is -0.395 e. The summed E-state index contributed by atoms with van der Waals surface area (Å²) in [6.07, 6.45) is 0. The molecule has 0 aliphatic rings. The van der Waals surface area contributed by atoms with E-state index in [4.69, 9.17) is 5.11 Å². The normalized spacial score (nSPS) is 10.0. The molecule has 0 heterocycles. The molecule has 4 nitrogen and oxygen atoms in total. The molecule has 0 radical (unpaired) electrons. The lowest BCUT2D eigenvalue weighted by atomic mass is 10.1. The van der Waals surface area contributed by atoms with E-state index in [1.165, 1.54) is 6.92 Å². The van der Waals surface area contributed by atoms with Gasteiger partial charge in [0.1, 0.15) is 0 Å². The number of benzene rings is 1. The van der Waals surface area contributed by atoms with E-state index in [1.54, 1.807) is 0 Å². The molecule has 82 valence electrons. The van der Waals surface area contributed by atoms with Gasteiger partial charge in [-0.05, 0) is 11.6 Å². The minimum absolute atomic E-state index is 0.0791. The number of aliphatic hydroxyl groups is 1. The van der Waals surface area contributed by atoms with Crippen molar-refractivity contribution in [2.75, 3.05) is 18.5 Å². The van der Waals surface area contributed by atoms with E-state index in [0.717, 1.165) is 11.3 Å². The molecule has 3 N–H and O–H groups in total. The Morgan fingerprint density at radius 2 is 2.13 bits per heavy atom. The maximum absolute atomic E-state index is 10.9. The minimum atomic E-state index is -0.0791. The molecule has 0 aromatic heterocycles. The predicted octanol–water partition coefficient (Wildman–Crippen LogP) is 0.727. The summed E-state index contributed by atoms with van der Waals surface area (Å²) >= 11 is 0. The number of para-hydroxylation sites is 1. The Morgan fingerprint density at radius 3 is 2.80 bits per heavy atom. The fourth-order valence-electron chi connectivity index (χ4n) is 1.29. The second-order valence-electron chi connectivity index (χ2n) is 3.24. The zero-order valence-corrected chi connectivity index (χ0v) is 8.79. The van der Waals surface area contributed by atoms with Crippen LogP contribution in [0.2, 0.25) is 0 Å². The first-order chi connectivity index (χ1) is 7.24. The lowest BCUT2D eigenvalue weighted by Gasteiger charge is -2.09. The lowest BCUT2D eigenvalue weighted by Crippen LogP contribution is -2.19. The van der Waals surface area contributed by atoms with E-state index in [1.807, 2.05) is 24.3 Å². The molecule has 1 aromatic carbocycles. The predicted molar refractivity (Wildman–Crippen MR) is 59.5 cm³/mol. The van der Waals surface area contributed by atoms with Gasteiger partial charge in [-0.1, -0.05) is 18.2 Å². The Labute approximate surface area is 89.3 Å². The van der Waals surface area contributed by atoms with E-state index in [-0.39, 0.29) is 12.5 Å². The van der Waals surface area contributed by atoms with Crippen LogP contribution in [0, 0.1) is 0 Å². The van der Waals surface area contributed by atoms with Crippen LogP contribution < -0.4 is 10.6 Å². The summed E-state index contributed by atoms with van der Waals surface area (Å²) in [5.74, 6) is -0.0791. The van der Waals surface area contributed by atoms with Crippen LogP contribution in [0.3, 0.4) is 0 Å². The first kappa shape index (κ1) is 11.7. The second-order valence-corrected chi connectivity index (χ2v) is 3.24. The number of hydrogen-bond donors (Lipinski definition) is 3. The molecule has 0 spiro atoms. The van der Waals surface area contributed by atoms with Crippen molar-refractivity contribution in [3.05, 3.63) is 29.8 Å². The molecule has 1 rings (SSSR count). The quantitative estimate of drug-likeness (QED) is 0.625. The molecule has 0 aliphatic carbocycles. The number of aliphatic hydroxyl groups excluding tert-OH is 1. The van der Waals surface area contributed by atoms with Crippen LogP contribution in [0.1, 0.15) is 12.5 Å². The topological polar surface area (TPSA) is 61.4 Å². The Balaban J connectivity index is 2.64. The number of nitrogens with one attached hydrogen (secondary N) is 2. The third-order valence-electron chi connectivity index (χ3n) is 1.93. The maximum Gasteiger partial charge on any atom is 0.221 e. The van der Waals surface area contributed by atoms with E-state index in [2.05, 4.69) is 10.6 Å². The molecule has 0 saturated carbocycles. The third-order valence-corrected chi connectivity index (χ3v) is 1.93. The molecule has 4 heteroatoms. The summed E-state index contributed by atoms with van der Waals surface area (Å²) in [7, 11) is 0. The van der Waals surface area contributed by atoms with Crippen LogP contribution in [0.25, 0.3) is 0 Å². The van der Waals surface area contributed by atoms with Gasteiger partial charge >= 0.3 is 0 Å². The van der Waals surface area contributed by atoms with Crippen LogP contribution in [0.5, 0.6) is 0 Å². The zero-order chi connectivity index (χ0) is 11.1. The Morgan fingerprint density at radius 1 is 1.40 bits per heavy atom. The van der Waals surface area contributed by atoms with Crippen LogP contribution in [0.15, 0.2) is 24.3 Å². The lowest BCUT2D eigenvalue weighted by molar-refractivity contribution is -0.114. The number of amides is 1. The Hall–Kier alpha value is -1.39. The summed E-state index contributed by atoms with van der Waals surface area (Å²) in [6, 6.07) is 7.59. The molecule has 0 saturated heterocycles. The molecule has 0 bridgehead atoms. The standard InChI is InChI=1S/C11H16N2O2/c1-9(15)13-11-5-3-2-4-10(11)8-12-6-7-14/h2-5,12,14H,6-8H2,1H3,(H,13,15). The fraction of sp³-hybridized carbons (Fsp3) is 0.364. The average Bonchev–Trinajstić information content (AvgIpc) is 2.20. The van der Waals surface area contributed by atoms with Gasteiger partial charge in [0.15, 0.2) is 0 Å². The van der Waals surface area contributed by atoms with Crippen molar-refractivity contribution in [1.82, 2.24) is 5.32 Å². The first-order valence-electron chi connectivity index (χ1n) is 4.91.